The Morgan fingerprint density at radius 2 is 1.80 bits per heavy atom. The second kappa shape index (κ2) is 10.0. The largest absolute Gasteiger partial charge is 0.512 e. The Morgan fingerprint density at radius 3 is 2.57 bits per heavy atom. The normalized spacial score (nSPS) is 43.0. The van der Waals surface area contributed by atoms with E-state index in [9.17, 15) is 10.2 Å². The van der Waals surface area contributed by atoms with Crippen molar-refractivity contribution in [1.29, 1.82) is 0 Å². The van der Waals surface area contributed by atoms with Gasteiger partial charge in [-0.1, -0.05) is 61.4 Å². The zero-order valence-corrected chi connectivity index (χ0v) is 22.0. The molecule has 35 heavy (non-hydrogen) atoms. The highest BCUT2D eigenvalue weighted by molar-refractivity contribution is 5.47. The van der Waals surface area contributed by atoms with Crippen molar-refractivity contribution in [3.05, 3.63) is 58.9 Å². The summed E-state index contributed by atoms with van der Waals surface area (Å²) in [5.74, 6) is 3.15. The van der Waals surface area contributed by atoms with Gasteiger partial charge in [-0.05, 0) is 62.2 Å². The van der Waals surface area contributed by atoms with E-state index in [1.54, 1.807) is 14.2 Å². The highest BCUT2D eigenvalue weighted by atomic mass is 16.5. The third-order valence-electron chi connectivity index (χ3n) is 10.00. The first-order chi connectivity index (χ1) is 16.9. The van der Waals surface area contributed by atoms with Crippen LogP contribution in [0.3, 0.4) is 0 Å². The molecular weight excluding hydrogens is 436 g/mol. The van der Waals surface area contributed by atoms with Gasteiger partial charge in [-0.2, -0.15) is 0 Å². The molecule has 1 fully saturated rings. The van der Waals surface area contributed by atoms with E-state index in [1.165, 1.54) is 30.4 Å². The van der Waals surface area contributed by atoms with Crippen molar-refractivity contribution in [2.24, 2.45) is 46.8 Å². The minimum atomic E-state index is -0.371. The summed E-state index contributed by atoms with van der Waals surface area (Å²) in [4.78, 5) is 0. The monoisotopic (exact) mass is 480 g/mol. The SMILES string of the molecule is COCC1=C(O)C(C)CC(C2(C3=CC(C)C(O)C(COC)C3)C3C=CCCC3C3CC=CCC32)=C1. The lowest BCUT2D eigenvalue weighted by molar-refractivity contribution is 0.0145. The number of aliphatic hydroxyl groups excluding tert-OH is 2. The summed E-state index contributed by atoms with van der Waals surface area (Å²) in [6, 6.07) is 0. The van der Waals surface area contributed by atoms with Crippen LogP contribution in [0.25, 0.3) is 0 Å². The Balaban J connectivity index is 1.72. The van der Waals surface area contributed by atoms with Gasteiger partial charge in [-0.25, -0.2) is 0 Å². The molecule has 0 heterocycles. The van der Waals surface area contributed by atoms with Crippen LogP contribution in [-0.4, -0.2) is 43.8 Å². The molecule has 0 aromatic heterocycles. The number of aliphatic hydroxyl groups is 2. The third-order valence-corrected chi connectivity index (χ3v) is 10.00. The van der Waals surface area contributed by atoms with Crippen LogP contribution in [0.2, 0.25) is 0 Å². The highest BCUT2D eigenvalue weighted by Gasteiger charge is 2.62. The fourth-order valence-electron chi connectivity index (χ4n) is 8.65. The Labute approximate surface area is 211 Å². The van der Waals surface area contributed by atoms with Gasteiger partial charge in [0.05, 0.1) is 19.3 Å². The summed E-state index contributed by atoms with van der Waals surface area (Å²) >= 11 is 0. The summed E-state index contributed by atoms with van der Waals surface area (Å²) in [7, 11) is 3.46. The molecule has 0 aliphatic heterocycles. The lowest BCUT2D eigenvalue weighted by atomic mass is 9.54. The van der Waals surface area contributed by atoms with Crippen molar-refractivity contribution < 1.29 is 19.7 Å². The molecule has 9 unspecified atom stereocenters. The van der Waals surface area contributed by atoms with E-state index in [2.05, 4.69) is 50.3 Å². The third kappa shape index (κ3) is 4.01. The zero-order valence-electron chi connectivity index (χ0n) is 22.0. The van der Waals surface area contributed by atoms with E-state index in [-0.39, 0.29) is 29.3 Å². The summed E-state index contributed by atoms with van der Waals surface area (Å²) in [5, 5.41) is 22.0. The summed E-state index contributed by atoms with van der Waals surface area (Å²) in [6.07, 6.45) is 20.6. The fraction of sp³-hybridized carbons (Fsp3) is 0.677. The van der Waals surface area contributed by atoms with E-state index >= 15 is 0 Å². The number of rotatable bonds is 6. The van der Waals surface area contributed by atoms with Gasteiger partial charge in [0.1, 0.15) is 5.76 Å². The van der Waals surface area contributed by atoms with Gasteiger partial charge in [0, 0.05) is 43.0 Å². The quantitative estimate of drug-likeness (QED) is 0.447. The van der Waals surface area contributed by atoms with E-state index in [1.807, 2.05) is 0 Å². The Hall–Kier alpha value is -1.62. The molecule has 0 bridgehead atoms. The topological polar surface area (TPSA) is 58.9 Å². The van der Waals surface area contributed by atoms with Gasteiger partial charge >= 0.3 is 0 Å². The number of fused-ring (bicyclic) bond motifs is 3. The first kappa shape index (κ1) is 25.0. The van der Waals surface area contributed by atoms with Crippen LogP contribution in [0.15, 0.2) is 58.9 Å². The van der Waals surface area contributed by atoms with Crippen molar-refractivity contribution in [1.82, 2.24) is 0 Å². The van der Waals surface area contributed by atoms with Crippen LogP contribution < -0.4 is 0 Å². The molecule has 0 amide bonds. The maximum Gasteiger partial charge on any atom is 0.101 e. The molecule has 192 valence electrons. The van der Waals surface area contributed by atoms with Crippen LogP contribution in [0.1, 0.15) is 52.4 Å². The average Bonchev–Trinajstić information content (AvgIpc) is 3.16. The predicted molar refractivity (Wildman–Crippen MR) is 140 cm³/mol. The first-order valence-electron chi connectivity index (χ1n) is 13.7. The van der Waals surface area contributed by atoms with E-state index < -0.39 is 0 Å². The molecule has 5 rings (SSSR count). The maximum absolute atomic E-state index is 11.1. The summed E-state index contributed by atoms with van der Waals surface area (Å²) < 4.78 is 11.1. The molecular formula is C31H44O4. The van der Waals surface area contributed by atoms with Crippen molar-refractivity contribution in [2.75, 3.05) is 27.4 Å². The molecule has 1 saturated carbocycles. The van der Waals surface area contributed by atoms with Crippen molar-refractivity contribution >= 4 is 0 Å². The van der Waals surface area contributed by atoms with Gasteiger partial charge in [0.2, 0.25) is 0 Å². The zero-order chi connectivity index (χ0) is 24.7. The molecule has 9 atom stereocenters. The smallest absolute Gasteiger partial charge is 0.101 e. The van der Waals surface area contributed by atoms with Gasteiger partial charge < -0.3 is 19.7 Å². The molecule has 5 aliphatic carbocycles. The van der Waals surface area contributed by atoms with E-state index in [0.717, 1.165) is 24.8 Å². The second-order valence-corrected chi connectivity index (χ2v) is 11.9. The minimum absolute atomic E-state index is 0.0780. The Kier molecular flexibility index (Phi) is 7.18. The number of hydrogen-bond donors (Lipinski definition) is 2. The van der Waals surface area contributed by atoms with Crippen LogP contribution in [0, 0.1) is 46.8 Å². The number of allylic oxidation sites excluding steroid dienone is 7. The highest BCUT2D eigenvalue weighted by Crippen LogP contribution is 2.69. The Morgan fingerprint density at radius 1 is 1.00 bits per heavy atom. The molecule has 0 aromatic carbocycles. The molecule has 0 spiro atoms. The lowest BCUT2D eigenvalue weighted by Gasteiger charge is -2.50. The van der Waals surface area contributed by atoms with Crippen molar-refractivity contribution in [2.45, 2.75) is 58.5 Å². The first-order valence-corrected chi connectivity index (χ1v) is 13.7. The standard InChI is InChI=1S/C31H44O4/c1-19-13-23(15-21(17-34-3)29(19)32)31(24-14-20(2)30(33)22(16-24)18-35-4)27-11-7-5-9-25(27)26-10-6-8-12-28(26)31/h5,7-8,12-13,16,19-21,25-29,32-33H,6,9-11,14-15,17-18H2,1-4H3. The maximum atomic E-state index is 11.1. The average molecular weight is 481 g/mol. The van der Waals surface area contributed by atoms with Gasteiger partial charge in [0.25, 0.3) is 0 Å². The molecule has 2 N–H and O–H groups in total. The van der Waals surface area contributed by atoms with Gasteiger partial charge in [-0.3, -0.25) is 0 Å². The van der Waals surface area contributed by atoms with Crippen LogP contribution in [0.4, 0.5) is 0 Å². The van der Waals surface area contributed by atoms with Crippen LogP contribution >= 0.6 is 0 Å². The van der Waals surface area contributed by atoms with Crippen molar-refractivity contribution in [3.63, 3.8) is 0 Å². The van der Waals surface area contributed by atoms with Crippen molar-refractivity contribution in [3.8, 4) is 0 Å². The second-order valence-electron chi connectivity index (χ2n) is 11.9. The van der Waals surface area contributed by atoms with Crippen LogP contribution in [0.5, 0.6) is 0 Å². The van der Waals surface area contributed by atoms with Gasteiger partial charge in [-0.15, -0.1) is 0 Å². The molecule has 4 heteroatoms. The Bertz CT molecular complexity index is 955. The number of methoxy groups -OCH3 is 2. The molecule has 0 saturated heterocycles. The van der Waals surface area contributed by atoms with Crippen LogP contribution in [-0.2, 0) is 9.47 Å². The van der Waals surface area contributed by atoms with E-state index in [4.69, 9.17) is 9.47 Å². The fourth-order valence-corrected chi connectivity index (χ4v) is 8.65. The van der Waals surface area contributed by atoms with Gasteiger partial charge in [0.15, 0.2) is 0 Å². The molecule has 5 aliphatic rings. The molecule has 0 aromatic rings. The minimum Gasteiger partial charge on any atom is -0.512 e. The molecule has 4 nitrogen and oxygen atoms in total. The number of ether oxygens (including phenoxy) is 2. The number of hydrogen-bond acceptors (Lipinski definition) is 4. The predicted octanol–water partition coefficient (Wildman–Crippen LogP) is 6.17. The van der Waals surface area contributed by atoms with E-state index in [0.29, 0.717) is 42.6 Å². The summed E-state index contributed by atoms with van der Waals surface area (Å²) in [5.41, 5.74) is 3.85. The molecule has 0 radical (unpaired) electrons. The lowest BCUT2D eigenvalue weighted by Crippen LogP contribution is -2.44. The summed E-state index contributed by atoms with van der Waals surface area (Å²) in [6.45, 7) is 5.35.